The number of sulfone groups is 1. The monoisotopic (exact) mass is 561 g/mol. The first kappa shape index (κ1) is 28.1. The number of methoxy groups -OCH3 is 2. The first-order valence-electron chi connectivity index (χ1n) is 12.4. The topological polar surface area (TPSA) is 100.0 Å². The molecule has 4 rings (SSSR count). The lowest BCUT2D eigenvalue weighted by Gasteiger charge is -2.26. The number of carbonyl (C=O) groups is 1. The van der Waals surface area contributed by atoms with E-state index in [0.29, 0.717) is 40.7 Å². The Balaban J connectivity index is 1.65. The third-order valence-electron chi connectivity index (χ3n) is 6.35. The first-order chi connectivity index (χ1) is 18.3. The number of hydrogen-bond acceptors (Lipinski definition) is 7. The molecule has 204 valence electrons. The molecule has 2 heterocycles. The van der Waals surface area contributed by atoms with Crippen LogP contribution in [0.2, 0.25) is 5.02 Å². The number of benzene rings is 2. The van der Waals surface area contributed by atoms with Gasteiger partial charge in [-0.05, 0) is 48.7 Å². The Hall–Kier alpha value is -2.92. The fourth-order valence-electron chi connectivity index (χ4n) is 4.49. The lowest BCUT2D eigenvalue weighted by atomic mass is 10.1. The van der Waals surface area contributed by atoms with Crippen LogP contribution in [0.4, 0.5) is 0 Å². The van der Waals surface area contributed by atoms with E-state index in [2.05, 4.69) is 4.98 Å². The molecule has 0 bridgehead atoms. The summed E-state index contributed by atoms with van der Waals surface area (Å²) in [6.07, 6.45) is 3.21. The minimum atomic E-state index is -3.82. The maximum atomic E-state index is 13.5. The molecule has 1 saturated heterocycles. The van der Waals surface area contributed by atoms with Crippen LogP contribution < -0.4 is 4.74 Å². The minimum absolute atomic E-state index is 0.0698. The van der Waals surface area contributed by atoms with Crippen LogP contribution in [0.3, 0.4) is 0 Å². The normalized spacial score (nSPS) is 15.5. The number of hydrogen-bond donors (Lipinski definition) is 0. The second kappa shape index (κ2) is 12.8. The number of amides is 1. The van der Waals surface area contributed by atoms with Crippen LogP contribution >= 0.6 is 11.6 Å². The Morgan fingerprint density at radius 1 is 1.21 bits per heavy atom. The van der Waals surface area contributed by atoms with Crippen LogP contribution in [-0.4, -0.2) is 68.9 Å². The molecule has 9 nitrogen and oxygen atoms in total. The molecule has 38 heavy (non-hydrogen) atoms. The zero-order chi connectivity index (χ0) is 27.1. The van der Waals surface area contributed by atoms with Gasteiger partial charge in [0.05, 0.1) is 44.0 Å². The highest BCUT2D eigenvalue weighted by molar-refractivity contribution is 7.90. The van der Waals surface area contributed by atoms with Crippen molar-refractivity contribution < 1.29 is 27.4 Å². The van der Waals surface area contributed by atoms with Gasteiger partial charge in [-0.2, -0.15) is 0 Å². The van der Waals surface area contributed by atoms with Crippen molar-refractivity contribution in [2.24, 2.45) is 0 Å². The molecule has 0 aliphatic carbocycles. The predicted octanol–water partition coefficient (Wildman–Crippen LogP) is 3.99. The van der Waals surface area contributed by atoms with Crippen LogP contribution in [0.25, 0.3) is 0 Å². The molecule has 1 aromatic heterocycles. The standard InChI is InChI=1S/C27H32ClN3O6S/c1-35-13-11-31-23(16-29-27(31)38(33,34)19-20-6-3-9-24(14-20)36-2)17-30(18-25-10-5-12-37-25)26(32)21-7-4-8-22(28)15-21/h3-4,6-9,14-16,25H,5,10-13,17-19H2,1-2H3. The zero-order valence-electron chi connectivity index (χ0n) is 21.5. The van der Waals surface area contributed by atoms with E-state index >= 15 is 0 Å². The van der Waals surface area contributed by atoms with Crippen molar-refractivity contribution in [2.45, 2.75) is 42.9 Å². The van der Waals surface area contributed by atoms with Gasteiger partial charge < -0.3 is 23.7 Å². The summed E-state index contributed by atoms with van der Waals surface area (Å²) in [5, 5.41) is 0.392. The number of carbonyl (C=O) groups excluding carboxylic acids is 1. The van der Waals surface area contributed by atoms with Gasteiger partial charge >= 0.3 is 0 Å². The van der Waals surface area contributed by atoms with Gasteiger partial charge in [0, 0.05) is 37.4 Å². The van der Waals surface area contributed by atoms with E-state index in [0.717, 1.165) is 12.8 Å². The Morgan fingerprint density at radius 2 is 2.03 bits per heavy atom. The Morgan fingerprint density at radius 3 is 2.74 bits per heavy atom. The number of halogens is 1. The molecular weight excluding hydrogens is 530 g/mol. The molecular formula is C27H32ClN3O6S. The molecule has 1 amide bonds. The van der Waals surface area contributed by atoms with Crippen molar-refractivity contribution in [1.82, 2.24) is 14.5 Å². The van der Waals surface area contributed by atoms with E-state index in [-0.39, 0.29) is 42.6 Å². The second-order valence-electron chi connectivity index (χ2n) is 9.12. The van der Waals surface area contributed by atoms with Crippen molar-refractivity contribution in [3.63, 3.8) is 0 Å². The van der Waals surface area contributed by atoms with Crippen LogP contribution in [-0.2, 0) is 38.2 Å². The molecule has 1 aliphatic rings. The highest BCUT2D eigenvalue weighted by atomic mass is 35.5. The molecule has 1 atom stereocenters. The number of nitrogens with zero attached hydrogens (tertiary/aromatic N) is 3. The summed E-state index contributed by atoms with van der Waals surface area (Å²) in [6.45, 7) is 1.71. The molecule has 0 N–H and O–H groups in total. The van der Waals surface area contributed by atoms with Gasteiger partial charge in [-0.15, -0.1) is 0 Å². The predicted molar refractivity (Wildman–Crippen MR) is 143 cm³/mol. The lowest BCUT2D eigenvalue weighted by Crippen LogP contribution is -2.37. The zero-order valence-corrected chi connectivity index (χ0v) is 23.1. The van der Waals surface area contributed by atoms with Gasteiger partial charge in [0.25, 0.3) is 5.91 Å². The molecule has 11 heteroatoms. The smallest absolute Gasteiger partial charge is 0.254 e. The average molecular weight is 562 g/mol. The summed E-state index contributed by atoms with van der Waals surface area (Å²) in [6, 6.07) is 13.7. The Labute approximate surface area is 228 Å². The molecule has 0 radical (unpaired) electrons. The second-order valence-corrected chi connectivity index (χ2v) is 11.4. The van der Waals surface area contributed by atoms with Gasteiger partial charge in [-0.1, -0.05) is 29.8 Å². The van der Waals surface area contributed by atoms with Gasteiger partial charge in [0.2, 0.25) is 15.0 Å². The highest BCUT2D eigenvalue weighted by Gasteiger charge is 2.28. The maximum Gasteiger partial charge on any atom is 0.254 e. The lowest BCUT2D eigenvalue weighted by molar-refractivity contribution is 0.0500. The van der Waals surface area contributed by atoms with Gasteiger partial charge in [0.15, 0.2) is 0 Å². The summed E-state index contributed by atoms with van der Waals surface area (Å²) in [5.74, 6) is 0.114. The molecule has 0 spiro atoms. The third-order valence-corrected chi connectivity index (χ3v) is 8.18. The van der Waals surface area contributed by atoms with E-state index in [1.807, 2.05) is 0 Å². The number of aromatic nitrogens is 2. The SMILES string of the molecule is COCCn1c(CN(CC2CCCO2)C(=O)c2cccc(Cl)c2)cnc1S(=O)(=O)Cc1cccc(OC)c1. The van der Waals surface area contributed by atoms with E-state index in [1.54, 1.807) is 65.1 Å². The van der Waals surface area contributed by atoms with Crippen molar-refractivity contribution in [3.05, 3.63) is 76.6 Å². The number of rotatable bonds is 12. The first-order valence-corrected chi connectivity index (χ1v) is 14.4. The minimum Gasteiger partial charge on any atom is -0.497 e. The summed E-state index contributed by atoms with van der Waals surface area (Å²) >= 11 is 6.15. The third kappa shape index (κ3) is 6.93. The summed E-state index contributed by atoms with van der Waals surface area (Å²) in [5.41, 5.74) is 1.62. The van der Waals surface area contributed by atoms with Crippen LogP contribution in [0, 0.1) is 0 Å². The quantitative estimate of drug-likeness (QED) is 0.330. The molecule has 3 aromatic rings. The molecule has 2 aromatic carbocycles. The van der Waals surface area contributed by atoms with Gasteiger partial charge in [-0.25, -0.2) is 13.4 Å². The van der Waals surface area contributed by atoms with E-state index in [4.69, 9.17) is 25.8 Å². The highest BCUT2D eigenvalue weighted by Crippen LogP contribution is 2.23. The molecule has 1 aliphatic heterocycles. The van der Waals surface area contributed by atoms with Gasteiger partial charge in [0.1, 0.15) is 5.75 Å². The Bertz CT molecular complexity index is 1350. The average Bonchev–Trinajstić information content (AvgIpc) is 3.57. The summed E-state index contributed by atoms with van der Waals surface area (Å²) in [7, 11) is -0.738. The van der Waals surface area contributed by atoms with Crippen LogP contribution in [0.15, 0.2) is 59.9 Å². The fraction of sp³-hybridized carbons (Fsp3) is 0.407. The van der Waals surface area contributed by atoms with Gasteiger partial charge in [-0.3, -0.25) is 4.79 Å². The van der Waals surface area contributed by atoms with E-state index in [1.165, 1.54) is 13.3 Å². The van der Waals surface area contributed by atoms with Crippen molar-refractivity contribution in [3.8, 4) is 5.75 Å². The summed E-state index contributed by atoms with van der Waals surface area (Å²) in [4.78, 5) is 19.5. The number of imidazole rings is 1. The fourth-order valence-corrected chi connectivity index (χ4v) is 6.18. The summed E-state index contributed by atoms with van der Waals surface area (Å²) < 4.78 is 44.9. The van der Waals surface area contributed by atoms with E-state index in [9.17, 15) is 13.2 Å². The Kier molecular flexibility index (Phi) is 9.43. The molecule has 1 unspecified atom stereocenters. The molecule has 0 saturated carbocycles. The molecule has 1 fully saturated rings. The van der Waals surface area contributed by atoms with Crippen molar-refractivity contribution >= 4 is 27.3 Å². The van der Waals surface area contributed by atoms with Crippen molar-refractivity contribution in [2.75, 3.05) is 34.0 Å². The van der Waals surface area contributed by atoms with Crippen molar-refractivity contribution in [1.29, 1.82) is 0 Å². The van der Waals surface area contributed by atoms with E-state index < -0.39 is 9.84 Å². The van der Waals surface area contributed by atoms with Crippen LogP contribution in [0.1, 0.15) is 34.5 Å². The maximum absolute atomic E-state index is 13.5. The van der Waals surface area contributed by atoms with Crippen LogP contribution in [0.5, 0.6) is 5.75 Å². The number of ether oxygens (including phenoxy) is 3. The largest absolute Gasteiger partial charge is 0.497 e.